The number of ether oxygens (including phenoxy) is 16. The lowest BCUT2D eigenvalue weighted by Crippen LogP contribution is -2.33. The molecule has 0 saturated carbocycles. The second-order valence-corrected chi connectivity index (χ2v) is 20.0. The van der Waals surface area contributed by atoms with E-state index in [1.165, 1.54) is 6.42 Å². The Kier molecular flexibility index (Phi) is 38.6. The van der Waals surface area contributed by atoms with E-state index in [0.29, 0.717) is 208 Å². The van der Waals surface area contributed by atoms with Crippen molar-refractivity contribution >= 4 is 22.1 Å². The normalized spacial score (nSPS) is 11.2. The first-order chi connectivity index (χ1) is 44.0. The Balaban J connectivity index is 0.00000280. The van der Waals surface area contributed by atoms with Crippen LogP contribution in [0.2, 0.25) is 0 Å². The lowest BCUT2D eigenvalue weighted by atomic mass is 10.1. The van der Waals surface area contributed by atoms with Crippen LogP contribution >= 0.6 is 0 Å². The van der Waals surface area contributed by atoms with Crippen LogP contribution in [0.3, 0.4) is 0 Å². The first-order valence-corrected chi connectivity index (χ1v) is 31.4. The van der Waals surface area contributed by atoms with Gasteiger partial charge in [0, 0.05) is 63.8 Å². The number of nitrogens with zero attached hydrogens (tertiary/aromatic N) is 4. The Morgan fingerprint density at radius 2 is 0.562 bits per heavy atom. The average Bonchev–Trinajstić information content (AvgIpc) is 2.30. The molecule has 0 saturated heterocycles. The summed E-state index contributed by atoms with van der Waals surface area (Å²) in [4.78, 5) is 0. The molecule has 0 atom stereocenters. The molecule has 0 bridgehead atoms. The van der Waals surface area contributed by atoms with Crippen molar-refractivity contribution in [2.75, 3.05) is 187 Å². The molecule has 20 heteroatoms. The van der Waals surface area contributed by atoms with Gasteiger partial charge in [-0.2, -0.15) is 0 Å². The molecule has 20 nitrogen and oxygen atoms in total. The highest BCUT2D eigenvalue weighted by Gasteiger charge is 2.25. The first kappa shape index (κ1) is 73.5. The van der Waals surface area contributed by atoms with Crippen molar-refractivity contribution in [1.82, 2.24) is 9.13 Å². The predicted molar refractivity (Wildman–Crippen MR) is 343 cm³/mol. The molecule has 0 unspecified atom stereocenters. The van der Waals surface area contributed by atoms with Gasteiger partial charge in [0.05, 0.1) is 132 Å². The summed E-state index contributed by atoms with van der Waals surface area (Å²) in [6.07, 6.45) is 5.62. The minimum atomic E-state index is 0.303. The van der Waals surface area contributed by atoms with Crippen molar-refractivity contribution in [2.45, 2.75) is 60.3 Å². The zero-order chi connectivity index (χ0) is 63.2. The quantitative estimate of drug-likeness (QED) is 0.0262. The van der Waals surface area contributed by atoms with E-state index in [1.54, 1.807) is 28.4 Å². The van der Waals surface area contributed by atoms with Gasteiger partial charge in [-0.25, -0.2) is 18.3 Å². The third-order valence-corrected chi connectivity index (χ3v) is 13.2. The van der Waals surface area contributed by atoms with Gasteiger partial charge < -0.3 is 75.8 Å². The van der Waals surface area contributed by atoms with E-state index in [2.05, 4.69) is 142 Å². The molecular weight excluding hydrogens is 1140 g/mol. The van der Waals surface area contributed by atoms with Gasteiger partial charge in [-0.15, -0.1) is 0 Å². The van der Waals surface area contributed by atoms with E-state index in [9.17, 15) is 0 Å². The van der Waals surface area contributed by atoms with E-state index in [1.807, 2.05) is 26.0 Å². The molecule has 0 fully saturated rings. The van der Waals surface area contributed by atoms with Gasteiger partial charge in [-0.1, -0.05) is 119 Å². The zero-order valence-corrected chi connectivity index (χ0v) is 54.4. The predicted octanol–water partition coefficient (Wildman–Crippen LogP) is 9.04. The average molecular weight is 1240 g/mol. The Bertz CT molecular complexity index is 2700. The number of benzene rings is 5. The van der Waals surface area contributed by atoms with Gasteiger partial charge in [0.15, 0.2) is 45.1 Å². The molecule has 89 heavy (non-hydrogen) atoms. The Morgan fingerprint density at radius 1 is 0.315 bits per heavy atom. The van der Waals surface area contributed by atoms with Crippen LogP contribution in [-0.4, -0.2) is 196 Å². The number of methoxy groups -OCH3 is 4. The molecule has 0 N–H and O–H groups in total. The highest BCUT2D eigenvalue weighted by atomic mass is 16.6. The third kappa shape index (κ3) is 27.8. The molecule has 492 valence electrons. The van der Waals surface area contributed by atoms with Crippen LogP contribution in [0, 0.1) is 0 Å². The van der Waals surface area contributed by atoms with Gasteiger partial charge in [0.1, 0.15) is 52.6 Å². The fraction of sp³-hybridized carbons (Fsp3) is 0.536. The fourth-order valence-corrected chi connectivity index (χ4v) is 9.03. The van der Waals surface area contributed by atoms with Crippen LogP contribution in [-0.2, 0) is 83.0 Å². The molecule has 2 heterocycles. The maximum atomic E-state index is 6.51. The van der Waals surface area contributed by atoms with Gasteiger partial charge in [-0.3, -0.25) is 0 Å². The van der Waals surface area contributed by atoms with Gasteiger partial charge in [0.2, 0.25) is 12.7 Å². The van der Waals surface area contributed by atoms with Crippen molar-refractivity contribution < 1.29 is 84.9 Å². The van der Waals surface area contributed by atoms with Crippen LogP contribution in [0.25, 0.3) is 22.1 Å². The second kappa shape index (κ2) is 46.8. The van der Waals surface area contributed by atoms with E-state index in [4.69, 9.17) is 75.8 Å². The molecule has 2 aromatic heterocycles. The van der Waals surface area contributed by atoms with Crippen LogP contribution in [0.15, 0.2) is 122 Å². The number of fused-ring (bicyclic) bond motifs is 2. The maximum absolute atomic E-state index is 6.51. The molecule has 0 spiro atoms. The summed E-state index contributed by atoms with van der Waals surface area (Å²) < 4.78 is 101. The number of hydrogen-bond donors (Lipinski definition) is 0. The van der Waals surface area contributed by atoms with Crippen molar-refractivity contribution in [3.63, 3.8) is 0 Å². The summed E-state index contributed by atoms with van der Waals surface area (Å²) in [5.41, 5.74) is 8.55. The zero-order valence-electron chi connectivity index (χ0n) is 54.4. The molecular formula is C69H102N4O16+2. The van der Waals surface area contributed by atoms with Crippen molar-refractivity contribution in [3.8, 4) is 23.0 Å². The molecule has 0 radical (unpaired) electrons. The van der Waals surface area contributed by atoms with Gasteiger partial charge in [0.25, 0.3) is 0 Å². The number of aromatic nitrogens is 4. The lowest BCUT2D eigenvalue weighted by molar-refractivity contribution is -0.663. The van der Waals surface area contributed by atoms with Gasteiger partial charge in [-0.05, 0) is 11.1 Å². The standard InChI is InChI=1S/C64H88N4O16.C3H8.C2H6/c1-69-19-23-73-27-31-77-35-39-81-61-43-57-59(45-63(61)83-41-37-79-33-29-75-25-21-71-3)67(51-65(57)47-53-13-7-5-8-14-53)49-55-17-11-12-18-56(55)50-68-52-66(48-54-15-9-6-10-16-54)58-44-62(82-40-36-78-32-28-74-24-20-70-2)64(46-60(58)68)84-42-38-80-34-30-76-26-22-72-4;1-3-2;1-2/h5-18,43-46,51-52H,19-42,47-50H2,1-4H3;3H2,1-2H3;1-2H3/q+2;;. The van der Waals surface area contributed by atoms with Crippen LogP contribution < -0.4 is 28.1 Å². The van der Waals surface area contributed by atoms with E-state index < -0.39 is 0 Å². The number of imidazole rings is 2. The molecule has 0 amide bonds. The Hall–Kier alpha value is -6.24. The smallest absolute Gasteiger partial charge is 0.245 e. The monoisotopic (exact) mass is 1240 g/mol. The third-order valence-electron chi connectivity index (χ3n) is 13.2. The maximum Gasteiger partial charge on any atom is 0.245 e. The minimum Gasteiger partial charge on any atom is -0.487 e. The van der Waals surface area contributed by atoms with Crippen LogP contribution in [0.4, 0.5) is 0 Å². The highest BCUT2D eigenvalue weighted by Crippen LogP contribution is 2.35. The Morgan fingerprint density at radius 3 is 0.843 bits per heavy atom. The molecule has 7 rings (SSSR count). The SMILES string of the molecule is CC.CCC.COCCOCCOCCOc1cc2c(cc1OCCOCCOCCOC)[n+](Cc1ccccc1)cn2Cc1ccccc1Cn1c[n+](Cc2ccccc2)c2cc(OCCOCCOCCOC)c(OCCOCCOCCOC)cc21. The summed E-state index contributed by atoms with van der Waals surface area (Å²) in [7, 11) is 6.61. The summed E-state index contributed by atoms with van der Waals surface area (Å²) >= 11 is 0. The summed E-state index contributed by atoms with van der Waals surface area (Å²) in [5, 5.41) is 0. The minimum absolute atomic E-state index is 0.303. The van der Waals surface area contributed by atoms with E-state index in [-0.39, 0.29) is 0 Å². The van der Waals surface area contributed by atoms with Crippen molar-refractivity contribution in [1.29, 1.82) is 0 Å². The van der Waals surface area contributed by atoms with Crippen molar-refractivity contribution in [3.05, 3.63) is 144 Å². The fourth-order valence-electron chi connectivity index (χ4n) is 9.03. The molecule has 0 aliphatic rings. The molecule has 7 aromatic rings. The summed E-state index contributed by atoms with van der Waals surface area (Å²) in [6, 6.07) is 37.8. The highest BCUT2D eigenvalue weighted by molar-refractivity contribution is 5.78. The van der Waals surface area contributed by atoms with Gasteiger partial charge >= 0.3 is 0 Å². The molecule has 0 aliphatic heterocycles. The molecule has 5 aromatic carbocycles. The number of rotatable bonds is 48. The van der Waals surface area contributed by atoms with E-state index >= 15 is 0 Å². The van der Waals surface area contributed by atoms with E-state index in [0.717, 1.165) is 44.3 Å². The largest absolute Gasteiger partial charge is 0.487 e. The lowest BCUT2D eigenvalue weighted by Gasteiger charge is -2.14. The summed E-state index contributed by atoms with van der Waals surface area (Å²) in [6.45, 7) is 21.2. The molecule has 0 aliphatic carbocycles. The second-order valence-electron chi connectivity index (χ2n) is 20.0. The number of hydrogen-bond acceptors (Lipinski definition) is 16. The Labute approximate surface area is 528 Å². The topological polar surface area (TPSA) is 165 Å². The van der Waals surface area contributed by atoms with Crippen molar-refractivity contribution in [2.24, 2.45) is 0 Å². The van der Waals surface area contributed by atoms with Crippen LogP contribution in [0.1, 0.15) is 56.4 Å². The summed E-state index contributed by atoms with van der Waals surface area (Å²) in [5.74, 6) is 2.41. The van der Waals surface area contributed by atoms with Crippen LogP contribution in [0.5, 0.6) is 23.0 Å². The first-order valence-electron chi connectivity index (χ1n) is 31.4.